The minimum Gasteiger partial charge on any atom is -0.382 e. The van der Waals surface area contributed by atoms with E-state index in [2.05, 4.69) is 24.2 Å². The van der Waals surface area contributed by atoms with Crippen LogP contribution in [0.2, 0.25) is 0 Å². The van der Waals surface area contributed by atoms with Gasteiger partial charge in [-0.1, -0.05) is 13.8 Å². The molecule has 0 aliphatic carbocycles. The van der Waals surface area contributed by atoms with Gasteiger partial charge in [0.25, 0.3) is 0 Å². The number of nitrogens with zero attached hydrogens (tertiary/aromatic N) is 1. The van der Waals surface area contributed by atoms with Crippen molar-refractivity contribution in [2.24, 2.45) is 10.9 Å². The molecule has 1 heterocycles. The molecule has 0 radical (unpaired) electrons. The molecule has 1 aliphatic heterocycles. The molecule has 0 bridgehead atoms. The van der Waals surface area contributed by atoms with Crippen molar-refractivity contribution in [3.63, 3.8) is 0 Å². The monoisotopic (exact) mass is 138 g/mol. The highest BCUT2D eigenvalue weighted by atomic mass is 14.9. The Morgan fingerprint density at radius 3 is 2.90 bits per heavy atom. The Labute approximate surface area is 62.0 Å². The first-order valence-electron chi connectivity index (χ1n) is 3.73. The quantitative estimate of drug-likeness (QED) is 0.615. The molecule has 0 aromatic heterocycles. The molecule has 2 nitrogen and oxygen atoms in total. The summed E-state index contributed by atoms with van der Waals surface area (Å²) in [6, 6.07) is 0.449. The van der Waals surface area contributed by atoms with Gasteiger partial charge in [0.1, 0.15) is 0 Å². The van der Waals surface area contributed by atoms with Crippen molar-refractivity contribution in [3.05, 3.63) is 12.4 Å². The molecule has 1 N–H and O–H groups in total. The van der Waals surface area contributed by atoms with E-state index in [0.29, 0.717) is 6.04 Å². The van der Waals surface area contributed by atoms with Gasteiger partial charge in [-0.05, 0) is 12.3 Å². The van der Waals surface area contributed by atoms with Crippen molar-refractivity contribution >= 4 is 6.21 Å². The maximum absolute atomic E-state index is 4.04. The van der Waals surface area contributed by atoms with Crippen molar-refractivity contribution in [2.45, 2.75) is 26.3 Å². The van der Waals surface area contributed by atoms with Gasteiger partial charge >= 0.3 is 0 Å². The molecule has 0 amide bonds. The predicted molar refractivity (Wildman–Crippen MR) is 44.0 cm³/mol. The maximum atomic E-state index is 4.04. The average molecular weight is 138 g/mol. The first-order chi connectivity index (χ1) is 4.79. The molecule has 0 saturated carbocycles. The van der Waals surface area contributed by atoms with E-state index in [1.54, 1.807) is 6.20 Å². The maximum Gasteiger partial charge on any atom is 0.0613 e. The van der Waals surface area contributed by atoms with Gasteiger partial charge in [0.05, 0.1) is 6.04 Å². The Morgan fingerprint density at radius 2 is 2.40 bits per heavy atom. The van der Waals surface area contributed by atoms with E-state index in [4.69, 9.17) is 0 Å². The van der Waals surface area contributed by atoms with E-state index in [-0.39, 0.29) is 0 Å². The van der Waals surface area contributed by atoms with Crippen LogP contribution >= 0.6 is 0 Å². The minimum absolute atomic E-state index is 0.449. The van der Waals surface area contributed by atoms with Crippen molar-refractivity contribution in [1.82, 2.24) is 5.32 Å². The summed E-state index contributed by atoms with van der Waals surface area (Å²) < 4.78 is 0. The molecule has 1 rings (SSSR count). The van der Waals surface area contributed by atoms with Crippen molar-refractivity contribution in [2.75, 3.05) is 0 Å². The first-order valence-corrected chi connectivity index (χ1v) is 3.73. The minimum atomic E-state index is 0.449. The Hall–Kier alpha value is -0.790. The summed E-state index contributed by atoms with van der Waals surface area (Å²) in [5.41, 5.74) is 0. The van der Waals surface area contributed by atoms with Gasteiger partial charge in [0, 0.05) is 18.6 Å². The molecule has 0 spiro atoms. The summed E-state index contributed by atoms with van der Waals surface area (Å²) in [5, 5.41) is 3.22. The van der Waals surface area contributed by atoms with E-state index >= 15 is 0 Å². The van der Waals surface area contributed by atoms with E-state index in [9.17, 15) is 0 Å². The average Bonchev–Trinajstić information content (AvgIpc) is 1.88. The van der Waals surface area contributed by atoms with E-state index in [0.717, 1.165) is 12.3 Å². The third-order valence-electron chi connectivity index (χ3n) is 1.46. The van der Waals surface area contributed by atoms with Gasteiger partial charge in [0.2, 0.25) is 0 Å². The zero-order valence-corrected chi connectivity index (χ0v) is 6.54. The zero-order chi connectivity index (χ0) is 7.40. The molecule has 1 unspecified atom stereocenters. The van der Waals surface area contributed by atoms with Crippen LogP contribution < -0.4 is 5.32 Å². The Balaban J connectivity index is 2.30. The van der Waals surface area contributed by atoms with E-state index in [1.165, 1.54) is 0 Å². The second-order valence-electron chi connectivity index (χ2n) is 3.02. The molecule has 0 saturated heterocycles. The van der Waals surface area contributed by atoms with Gasteiger partial charge in [-0.15, -0.1) is 0 Å². The molecule has 10 heavy (non-hydrogen) atoms. The lowest BCUT2D eigenvalue weighted by molar-refractivity contribution is 0.529. The fourth-order valence-electron chi connectivity index (χ4n) is 1.04. The molecule has 1 atom stereocenters. The molecule has 1 aliphatic rings. The van der Waals surface area contributed by atoms with Crippen molar-refractivity contribution in [3.8, 4) is 0 Å². The molecule has 56 valence electrons. The lowest BCUT2D eigenvalue weighted by Gasteiger charge is -2.16. The van der Waals surface area contributed by atoms with Crippen LogP contribution in [0.3, 0.4) is 0 Å². The van der Waals surface area contributed by atoms with Crippen LogP contribution in [0.5, 0.6) is 0 Å². The Kier molecular flexibility index (Phi) is 2.49. The lowest BCUT2D eigenvalue weighted by atomic mass is 10.0. The zero-order valence-electron chi connectivity index (χ0n) is 6.54. The summed E-state index contributed by atoms with van der Waals surface area (Å²) in [6.45, 7) is 4.43. The fraction of sp³-hybridized carbons (Fsp3) is 0.625. The van der Waals surface area contributed by atoms with Crippen LogP contribution in [0.15, 0.2) is 17.4 Å². The van der Waals surface area contributed by atoms with E-state index < -0.39 is 0 Å². The SMILES string of the molecule is CC(C)CC1C=NC=CN1. The van der Waals surface area contributed by atoms with Crippen LogP contribution in [-0.2, 0) is 0 Å². The number of nitrogens with one attached hydrogen (secondary N) is 1. The third kappa shape index (κ3) is 2.21. The van der Waals surface area contributed by atoms with Crippen molar-refractivity contribution in [1.29, 1.82) is 0 Å². The standard InChI is InChI=1S/C8H14N2/c1-7(2)5-8-6-9-3-4-10-8/h3-4,6-8,10H,5H2,1-2H3. The highest BCUT2D eigenvalue weighted by Gasteiger charge is 2.06. The topological polar surface area (TPSA) is 24.4 Å². The van der Waals surface area contributed by atoms with Crippen LogP contribution in [0.4, 0.5) is 0 Å². The van der Waals surface area contributed by atoms with Crippen LogP contribution in [0.1, 0.15) is 20.3 Å². The number of hydrogen-bond donors (Lipinski definition) is 1. The van der Waals surface area contributed by atoms with Crippen LogP contribution in [0.25, 0.3) is 0 Å². The van der Waals surface area contributed by atoms with Gasteiger partial charge in [-0.25, -0.2) is 0 Å². The van der Waals surface area contributed by atoms with E-state index in [1.807, 2.05) is 12.4 Å². The lowest BCUT2D eigenvalue weighted by Crippen LogP contribution is -2.28. The van der Waals surface area contributed by atoms with Gasteiger partial charge < -0.3 is 5.32 Å². The highest BCUT2D eigenvalue weighted by Crippen LogP contribution is 2.04. The second kappa shape index (κ2) is 3.40. The molecule has 0 aromatic rings. The van der Waals surface area contributed by atoms with Gasteiger partial charge in [-0.3, -0.25) is 4.99 Å². The Bertz CT molecular complexity index is 147. The van der Waals surface area contributed by atoms with Crippen LogP contribution in [-0.4, -0.2) is 12.3 Å². The number of hydrogen-bond acceptors (Lipinski definition) is 2. The smallest absolute Gasteiger partial charge is 0.0613 e. The molecule has 0 aromatic carbocycles. The summed E-state index contributed by atoms with van der Waals surface area (Å²) in [5.74, 6) is 0.732. The van der Waals surface area contributed by atoms with Gasteiger partial charge in [-0.2, -0.15) is 0 Å². The first kappa shape index (κ1) is 7.32. The molecular formula is C8H14N2. The number of aliphatic imine (C=N–C) groups is 1. The normalized spacial score (nSPS) is 23.3. The van der Waals surface area contributed by atoms with Gasteiger partial charge in [0.15, 0.2) is 0 Å². The Morgan fingerprint density at radius 1 is 1.60 bits per heavy atom. The highest BCUT2D eigenvalue weighted by molar-refractivity contribution is 5.66. The second-order valence-corrected chi connectivity index (χ2v) is 3.02. The predicted octanol–water partition coefficient (Wildman–Crippen LogP) is 1.55. The summed E-state index contributed by atoms with van der Waals surface area (Å²) in [7, 11) is 0. The number of rotatable bonds is 2. The summed E-state index contributed by atoms with van der Waals surface area (Å²) >= 11 is 0. The molecular weight excluding hydrogens is 124 g/mol. The van der Waals surface area contributed by atoms with Crippen LogP contribution in [0, 0.1) is 5.92 Å². The molecule has 2 heteroatoms. The largest absolute Gasteiger partial charge is 0.382 e. The summed E-state index contributed by atoms with van der Waals surface area (Å²) in [6.07, 6.45) is 6.79. The van der Waals surface area contributed by atoms with Crippen molar-refractivity contribution < 1.29 is 0 Å². The third-order valence-corrected chi connectivity index (χ3v) is 1.46. The molecule has 0 fully saturated rings. The fourth-order valence-corrected chi connectivity index (χ4v) is 1.04. The summed E-state index contributed by atoms with van der Waals surface area (Å²) in [4.78, 5) is 4.04.